The molecular formula is C18H27ClF2N2O2. The van der Waals surface area contributed by atoms with Crippen molar-refractivity contribution in [1.29, 1.82) is 0 Å². The Morgan fingerprint density at radius 1 is 1.44 bits per heavy atom. The van der Waals surface area contributed by atoms with Crippen LogP contribution in [0, 0.1) is 11.8 Å². The lowest BCUT2D eigenvalue weighted by atomic mass is 9.85. The molecule has 0 aromatic heterocycles. The number of alkyl halides is 2. The van der Waals surface area contributed by atoms with E-state index in [0.29, 0.717) is 30.6 Å². The van der Waals surface area contributed by atoms with Gasteiger partial charge < -0.3 is 15.4 Å². The largest absolute Gasteiger partial charge is 0.488 e. The molecule has 1 fully saturated rings. The molecule has 0 aliphatic carbocycles. The number of nitrogens with one attached hydrogen (secondary N) is 2. The number of rotatable bonds is 8. The monoisotopic (exact) mass is 376 g/mol. The van der Waals surface area contributed by atoms with Crippen LogP contribution in [0.4, 0.5) is 8.78 Å². The normalized spacial score (nSPS) is 18.3. The number of halogens is 3. The van der Waals surface area contributed by atoms with Gasteiger partial charge in [0.05, 0.1) is 0 Å². The number of ether oxygens (including phenoxy) is 1. The van der Waals surface area contributed by atoms with Gasteiger partial charge >= 0.3 is 0 Å². The van der Waals surface area contributed by atoms with Gasteiger partial charge in [0.2, 0.25) is 5.91 Å². The molecule has 2 unspecified atom stereocenters. The maximum absolute atomic E-state index is 12.2. The highest BCUT2D eigenvalue weighted by Gasteiger charge is 2.21. The van der Waals surface area contributed by atoms with Crippen molar-refractivity contribution in [3.05, 3.63) is 29.8 Å². The first-order chi connectivity index (χ1) is 11.5. The van der Waals surface area contributed by atoms with E-state index in [0.717, 1.165) is 18.7 Å². The van der Waals surface area contributed by atoms with Crippen molar-refractivity contribution in [2.45, 2.75) is 39.2 Å². The molecule has 1 aliphatic heterocycles. The summed E-state index contributed by atoms with van der Waals surface area (Å²) in [6.07, 6.45) is 0.352. The van der Waals surface area contributed by atoms with Gasteiger partial charge in [-0.1, -0.05) is 19.1 Å². The lowest BCUT2D eigenvalue weighted by Crippen LogP contribution is -2.35. The fourth-order valence-electron chi connectivity index (χ4n) is 3.00. The van der Waals surface area contributed by atoms with Crippen LogP contribution in [0.3, 0.4) is 0 Å². The number of hydrogen-bond acceptors (Lipinski definition) is 3. The molecular weight excluding hydrogens is 350 g/mol. The van der Waals surface area contributed by atoms with E-state index in [1.807, 2.05) is 6.07 Å². The van der Waals surface area contributed by atoms with Crippen molar-refractivity contribution in [2.75, 3.05) is 19.7 Å². The summed E-state index contributed by atoms with van der Waals surface area (Å²) in [7, 11) is 0. The van der Waals surface area contributed by atoms with Crippen molar-refractivity contribution in [2.24, 2.45) is 11.8 Å². The molecule has 1 saturated heterocycles. The maximum atomic E-state index is 12.2. The van der Waals surface area contributed by atoms with Crippen LogP contribution in [-0.4, -0.2) is 32.0 Å². The van der Waals surface area contributed by atoms with Crippen molar-refractivity contribution in [3.63, 3.8) is 0 Å². The summed E-state index contributed by atoms with van der Waals surface area (Å²) < 4.78 is 29.3. The summed E-state index contributed by atoms with van der Waals surface area (Å²) in [6.45, 7) is 3.93. The van der Waals surface area contributed by atoms with Crippen LogP contribution in [0.15, 0.2) is 24.3 Å². The van der Waals surface area contributed by atoms with Gasteiger partial charge in [-0.25, -0.2) is 8.78 Å². The molecule has 1 aromatic carbocycles. The van der Waals surface area contributed by atoms with Crippen molar-refractivity contribution < 1.29 is 18.3 Å². The second-order valence-electron chi connectivity index (χ2n) is 6.41. The molecule has 1 heterocycles. The summed E-state index contributed by atoms with van der Waals surface area (Å²) in [5.41, 5.74) is 0.835. The van der Waals surface area contributed by atoms with Crippen molar-refractivity contribution >= 4 is 18.3 Å². The topological polar surface area (TPSA) is 50.4 Å². The van der Waals surface area contributed by atoms with Gasteiger partial charge in [0.15, 0.2) is 0 Å². The highest BCUT2D eigenvalue weighted by atomic mass is 35.5. The maximum Gasteiger partial charge on any atom is 0.272 e. The third-order valence-electron chi connectivity index (χ3n) is 4.41. The highest BCUT2D eigenvalue weighted by Crippen LogP contribution is 2.22. The number of benzene rings is 1. The smallest absolute Gasteiger partial charge is 0.272 e. The molecule has 1 aromatic rings. The Morgan fingerprint density at radius 2 is 2.24 bits per heavy atom. The fraction of sp³-hybridized carbons (Fsp3) is 0.611. The Kier molecular flexibility index (Phi) is 9.75. The van der Waals surface area contributed by atoms with Crippen LogP contribution in [0.2, 0.25) is 0 Å². The van der Waals surface area contributed by atoms with Gasteiger partial charge in [-0.05, 0) is 55.5 Å². The number of hydrogen-bond donors (Lipinski definition) is 2. The van der Waals surface area contributed by atoms with Gasteiger partial charge in [-0.15, -0.1) is 12.4 Å². The molecule has 2 N–H and O–H groups in total. The predicted octanol–water partition coefficient (Wildman–Crippen LogP) is 3.39. The summed E-state index contributed by atoms with van der Waals surface area (Å²) in [5.74, 6) is 1.31. The summed E-state index contributed by atoms with van der Waals surface area (Å²) in [5, 5.41) is 6.27. The number of amides is 1. The van der Waals surface area contributed by atoms with E-state index in [1.54, 1.807) is 18.2 Å². The van der Waals surface area contributed by atoms with Crippen LogP contribution in [0.1, 0.15) is 31.7 Å². The zero-order valence-electron chi connectivity index (χ0n) is 14.5. The van der Waals surface area contributed by atoms with Gasteiger partial charge in [0.1, 0.15) is 12.4 Å². The lowest BCUT2D eigenvalue weighted by molar-refractivity contribution is -0.122. The molecule has 0 radical (unpaired) electrons. The zero-order chi connectivity index (χ0) is 17.4. The molecule has 0 saturated carbocycles. The molecule has 2 rings (SSSR count). The van der Waals surface area contributed by atoms with E-state index in [4.69, 9.17) is 4.74 Å². The first-order valence-corrected chi connectivity index (χ1v) is 8.52. The quantitative estimate of drug-likeness (QED) is 0.731. The van der Waals surface area contributed by atoms with Gasteiger partial charge in [0.25, 0.3) is 6.43 Å². The summed E-state index contributed by atoms with van der Waals surface area (Å²) in [4.78, 5) is 12.1. The van der Waals surface area contributed by atoms with E-state index in [1.165, 1.54) is 12.8 Å². The third-order valence-corrected chi connectivity index (χ3v) is 4.41. The predicted molar refractivity (Wildman–Crippen MR) is 96.4 cm³/mol. The number of piperidine rings is 1. The molecule has 2 atom stereocenters. The molecule has 25 heavy (non-hydrogen) atoms. The van der Waals surface area contributed by atoms with Crippen LogP contribution >= 0.6 is 12.4 Å². The Labute approximate surface area is 154 Å². The Hall–Kier alpha value is -1.40. The second-order valence-corrected chi connectivity index (χ2v) is 6.41. The van der Waals surface area contributed by atoms with Gasteiger partial charge in [-0.2, -0.15) is 0 Å². The standard InChI is InChI=1S/C18H26F2N2O2.ClH/c1-13(15-5-3-7-21-11-15)8-18(23)22-10-14-4-2-6-16(9-14)24-12-17(19)20;/h2,4,6,9,13,15,17,21H,3,5,7-8,10-12H2,1H3,(H,22,23);1H. The van der Waals surface area contributed by atoms with Crippen LogP contribution < -0.4 is 15.4 Å². The first-order valence-electron chi connectivity index (χ1n) is 8.52. The summed E-state index contributed by atoms with van der Waals surface area (Å²) >= 11 is 0. The van der Waals surface area contributed by atoms with Gasteiger partial charge in [-0.3, -0.25) is 4.79 Å². The minimum absolute atomic E-state index is 0. The minimum Gasteiger partial charge on any atom is -0.488 e. The Morgan fingerprint density at radius 3 is 2.92 bits per heavy atom. The summed E-state index contributed by atoms with van der Waals surface area (Å²) in [6, 6.07) is 6.88. The van der Waals surface area contributed by atoms with Crippen LogP contribution in [-0.2, 0) is 11.3 Å². The second kappa shape index (κ2) is 11.3. The lowest BCUT2D eigenvalue weighted by Gasteiger charge is -2.28. The molecule has 142 valence electrons. The Balaban J connectivity index is 0.00000312. The van der Waals surface area contributed by atoms with E-state index < -0.39 is 13.0 Å². The molecule has 7 heteroatoms. The SMILES string of the molecule is CC(CC(=O)NCc1cccc(OCC(F)F)c1)C1CCCNC1.Cl. The van der Waals surface area contributed by atoms with E-state index in [-0.39, 0.29) is 18.3 Å². The Bertz CT molecular complexity index is 526. The molecule has 0 spiro atoms. The van der Waals surface area contributed by atoms with E-state index in [2.05, 4.69) is 17.6 Å². The zero-order valence-corrected chi connectivity index (χ0v) is 15.3. The fourth-order valence-corrected chi connectivity index (χ4v) is 3.00. The number of carbonyl (C=O) groups is 1. The van der Waals surface area contributed by atoms with Gasteiger partial charge in [0, 0.05) is 13.0 Å². The van der Waals surface area contributed by atoms with Crippen LogP contribution in [0.25, 0.3) is 0 Å². The van der Waals surface area contributed by atoms with E-state index >= 15 is 0 Å². The van der Waals surface area contributed by atoms with E-state index in [9.17, 15) is 13.6 Å². The first kappa shape index (κ1) is 21.6. The average Bonchev–Trinajstić information content (AvgIpc) is 2.59. The van der Waals surface area contributed by atoms with Crippen LogP contribution in [0.5, 0.6) is 5.75 Å². The average molecular weight is 377 g/mol. The number of carbonyl (C=O) groups excluding carboxylic acids is 1. The molecule has 1 amide bonds. The highest BCUT2D eigenvalue weighted by molar-refractivity contribution is 5.85. The van der Waals surface area contributed by atoms with Crippen molar-refractivity contribution in [1.82, 2.24) is 10.6 Å². The minimum atomic E-state index is -2.50. The third kappa shape index (κ3) is 8.01. The molecule has 4 nitrogen and oxygen atoms in total. The molecule has 0 bridgehead atoms. The molecule has 1 aliphatic rings. The van der Waals surface area contributed by atoms with Crippen molar-refractivity contribution in [3.8, 4) is 5.75 Å².